The number of hydrogen-bond acceptors (Lipinski definition) is 4. The maximum Gasteiger partial charge on any atom is 0.231 e. The largest absolute Gasteiger partial charge is 0.348 e. The summed E-state index contributed by atoms with van der Waals surface area (Å²) in [6, 6.07) is 4.12. The van der Waals surface area contributed by atoms with E-state index >= 15 is 0 Å². The molecule has 1 aliphatic rings. The molecule has 0 aromatic carbocycles. The molecule has 0 radical (unpaired) electrons. The Hall–Kier alpha value is -1.69. The normalized spacial score (nSPS) is 17.8. The molecule has 1 saturated carbocycles. The Labute approximate surface area is 121 Å². The van der Waals surface area contributed by atoms with Crippen molar-refractivity contribution in [2.45, 2.75) is 44.1 Å². The minimum absolute atomic E-state index is 0.121. The molecular weight excluding hydrogens is 272 g/mol. The van der Waals surface area contributed by atoms with Crippen molar-refractivity contribution in [3.8, 4) is 0 Å². The highest BCUT2D eigenvalue weighted by molar-refractivity contribution is 7.10. The van der Waals surface area contributed by atoms with Crippen LogP contribution in [-0.4, -0.2) is 21.1 Å². The third kappa shape index (κ3) is 2.47. The third-order valence-corrected chi connectivity index (χ3v) is 5.09. The first-order valence-corrected chi connectivity index (χ1v) is 7.86. The lowest BCUT2D eigenvalue weighted by molar-refractivity contribution is -0.128. The second-order valence-corrected chi connectivity index (χ2v) is 6.18. The lowest BCUT2D eigenvalue weighted by Gasteiger charge is -2.35. The van der Waals surface area contributed by atoms with Crippen LogP contribution >= 0.6 is 11.3 Å². The van der Waals surface area contributed by atoms with Crippen molar-refractivity contribution < 1.29 is 4.79 Å². The van der Waals surface area contributed by atoms with E-state index in [1.54, 1.807) is 11.3 Å². The molecule has 1 aliphatic carbocycles. The van der Waals surface area contributed by atoms with Crippen LogP contribution in [0.4, 0.5) is 0 Å². The van der Waals surface area contributed by atoms with Crippen molar-refractivity contribution in [1.29, 1.82) is 0 Å². The van der Waals surface area contributed by atoms with Gasteiger partial charge in [-0.05, 0) is 24.3 Å². The third-order valence-electron chi connectivity index (χ3n) is 4.02. The minimum Gasteiger partial charge on any atom is -0.348 e. The summed E-state index contributed by atoms with van der Waals surface area (Å²) in [6.07, 6.45) is 6.80. The van der Waals surface area contributed by atoms with Gasteiger partial charge in [-0.25, -0.2) is 4.98 Å². The second-order valence-electron chi connectivity index (χ2n) is 5.23. The molecule has 2 heterocycles. The van der Waals surface area contributed by atoms with Gasteiger partial charge in [0.15, 0.2) is 0 Å². The zero-order chi connectivity index (χ0) is 13.8. The molecular formula is C14H18N4OS. The van der Waals surface area contributed by atoms with Crippen molar-refractivity contribution in [2.75, 3.05) is 0 Å². The van der Waals surface area contributed by atoms with E-state index in [1.165, 1.54) is 17.6 Å². The molecule has 3 rings (SSSR count). The van der Waals surface area contributed by atoms with Crippen LogP contribution in [0.25, 0.3) is 0 Å². The monoisotopic (exact) mass is 290 g/mol. The summed E-state index contributed by atoms with van der Waals surface area (Å²) in [5, 5.41) is 11.6. The molecule has 0 unspecified atom stereocenters. The fraction of sp³-hybridized carbons (Fsp3) is 0.500. The topological polar surface area (TPSA) is 70.7 Å². The van der Waals surface area contributed by atoms with Crippen LogP contribution in [0.15, 0.2) is 23.8 Å². The minimum atomic E-state index is -0.341. The summed E-state index contributed by atoms with van der Waals surface area (Å²) >= 11 is 1.68. The average molecular weight is 290 g/mol. The van der Waals surface area contributed by atoms with E-state index in [1.807, 2.05) is 6.07 Å². The summed E-state index contributed by atoms with van der Waals surface area (Å²) in [4.78, 5) is 18.0. The first kappa shape index (κ1) is 13.3. The molecule has 0 saturated heterocycles. The lowest BCUT2D eigenvalue weighted by Crippen LogP contribution is -2.45. The summed E-state index contributed by atoms with van der Waals surface area (Å²) in [6.45, 7) is 0.409. The number of aromatic amines is 1. The fourth-order valence-corrected chi connectivity index (χ4v) is 3.92. The number of rotatable bonds is 4. The Bertz CT molecular complexity index is 544. The van der Waals surface area contributed by atoms with Crippen molar-refractivity contribution in [2.24, 2.45) is 0 Å². The van der Waals surface area contributed by atoms with Crippen LogP contribution in [0.1, 0.15) is 42.8 Å². The lowest BCUT2D eigenvalue weighted by atomic mass is 9.72. The van der Waals surface area contributed by atoms with Gasteiger partial charge < -0.3 is 5.32 Å². The highest BCUT2D eigenvalue weighted by atomic mass is 32.1. The van der Waals surface area contributed by atoms with E-state index in [0.717, 1.165) is 25.7 Å². The van der Waals surface area contributed by atoms with E-state index in [4.69, 9.17) is 0 Å². The van der Waals surface area contributed by atoms with E-state index in [9.17, 15) is 4.79 Å². The van der Waals surface area contributed by atoms with E-state index < -0.39 is 0 Å². The maximum atomic E-state index is 12.7. The zero-order valence-corrected chi connectivity index (χ0v) is 12.1. The smallest absolute Gasteiger partial charge is 0.231 e. The van der Waals surface area contributed by atoms with E-state index in [2.05, 4.69) is 31.9 Å². The Morgan fingerprint density at radius 1 is 1.40 bits per heavy atom. The highest BCUT2D eigenvalue weighted by Gasteiger charge is 2.41. The molecule has 2 aromatic rings. The predicted octanol–water partition coefficient (Wildman–Crippen LogP) is 2.38. The SMILES string of the molecule is O=C(NCc1ncn[nH]1)C1(c2cccs2)CCCCC1. The van der Waals surface area contributed by atoms with Gasteiger partial charge in [-0.2, -0.15) is 5.10 Å². The van der Waals surface area contributed by atoms with Gasteiger partial charge in [0.25, 0.3) is 0 Å². The standard InChI is InChI=1S/C14H18N4OS/c19-13(15-9-12-16-10-17-18-12)14(6-2-1-3-7-14)11-5-4-8-20-11/h4-5,8,10H,1-3,6-7,9H2,(H,15,19)(H,16,17,18). The Morgan fingerprint density at radius 3 is 2.90 bits per heavy atom. The number of H-pyrrole nitrogens is 1. The van der Waals surface area contributed by atoms with E-state index in [0.29, 0.717) is 12.4 Å². The molecule has 0 aliphatic heterocycles. The number of nitrogens with zero attached hydrogens (tertiary/aromatic N) is 2. The van der Waals surface area contributed by atoms with Crippen LogP contribution in [0.3, 0.4) is 0 Å². The van der Waals surface area contributed by atoms with Crippen LogP contribution < -0.4 is 5.32 Å². The molecule has 20 heavy (non-hydrogen) atoms. The fourth-order valence-electron chi connectivity index (χ4n) is 2.94. The molecule has 0 bridgehead atoms. The van der Waals surface area contributed by atoms with Gasteiger partial charge in [0.05, 0.1) is 12.0 Å². The molecule has 1 amide bonds. The van der Waals surface area contributed by atoms with Gasteiger partial charge >= 0.3 is 0 Å². The molecule has 0 atom stereocenters. The number of carbonyl (C=O) groups is 1. The van der Waals surface area contributed by atoms with Crippen LogP contribution in [0.5, 0.6) is 0 Å². The maximum absolute atomic E-state index is 12.7. The molecule has 0 spiro atoms. The number of nitrogens with one attached hydrogen (secondary N) is 2. The summed E-state index contributed by atoms with van der Waals surface area (Å²) in [5.41, 5.74) is -0.341. The number of thiophene rings is 1. The van der Waals surface area contributed by atoms with Gasteiger partial charge in [0.1, 0.15) is 12.2 Å². The van der Waals surface area contributed by atoms with Gasteiger partial charge in [0, 0.05) is 4.88 Å². The van der Waals surface area contributed by atoms with Gasteiger partial charge in [0.2, 0.25) is 5.91 Å². The van der Waals surface area contributed by atoms with Crippen molar-refractivity contribution in [3.63, 3.8) is 0 Å². The molecule has 5 nitrogen and oxygen atoms in total. The van der Waals surface area contributed by atoms with Crippen LogP contribution in [0.2, 0.25) is 0 Å². The van der Waals surface area contributed by atoms with Gasteiger partial charge in [-0.1, -0.05) is 25.3 Å². The zero-order valence-electron chi connectivity index (χ0n) is 11.3. The Balaban J connectivity index is 1.77. The Morgan fingerprint density at radius 2 is 2.25 bits per heavy atom. The number of hydrogen-bond donors (Lipinski definition) is 2. The number of amides is 1. The van der Waals surface area contributed by atoms with E-state index in [-0.39, 0.29) is 11.3 Å². The molecule has 1 fully saturated rings. The van der Waals surface area contributed by atoms with Gasteiger partial charge in [-0.3, -0.25) is 9.89 Å². The number of carbonyl (C=O) groups excluding carboxylic acids is 1. The van der Waals surface area contributed by atoms with Crippen LogP contribution in [0, 0.1) is 0 Å². The first-order valence-electron chi connectivity index (χ1n) is 6.98. The quantitative estimate of drug-likeness (QED) is 0.908. The number of aromatic nitrogens is 3. The van der Waals surface area contributed by atoms with Gasteiger partial charge in [-0.15, -0.1) is 11.3 Å². The average Bonchev–Trinajstić information content (AvgIpc) is 3.18. The first-order chi connectivity index (χ1) is 9.81. The van der Waals surface area contributed by atoms with Crippen molar-refractivity contribution in [1.82, 2.24) is 20.5 Å². The van der Waals surface area contributed by atoms with Crippen LogP contribution in [-0.2, 0) is 16.8 Å². The van der Waals surface area contributed by atoms with Crippen molar-refractivity contribution >= 4 is 17.2 Å². The summed E-state index contributed by atoms with van der Waals surface area (Å²) < 4.78 is 0. The Kier molecular flexibility index (Phi) is 3.82. The summed E-state index contributed by atoms with van der Waals surface area (Å²) in [7, 11) is 0. The molecule has 2 N–H and O–H groups in total. The molecule has 6 heteroatoms. The predicted molar refractivity (Wildman–Crippen MR) is 77.3 cm³/mol. The highest BCUT2D eigenvalue weighted by Crippen LogP contribution is 2.41. The van der Waals surface area contributed by atoms with Crippen molar-refractivity contribution in [3.05, 3.63) is 34.5 Å². The summed E-state index contributed by atoms with van der Waals surface area (Å²) in [5.74, 6) is 0.812. The second kappa shape index (κ2) is 5.75. The molecule has 2 aromatic heterocycles. The molecule has 106 valence electrons.